The lowest BCUT2D eigenvalue weighted by atomic mass is 10.1. The first-order valence-corrected chi connectivity index (χ1v) is 7.05. The van der Waals surface area contributed by atoms with Gasteiger partial charge in [-0.15, -0.1) is 0 Å². The lowest BCUT2D eigenvalue weighted by Crippen LogP contribution is -2.17. The van der Waals surface area contributed by atoms with Crippen LogP contribution < -0.4 is 16.8 Å². The van der Waals surface area contributed by atoms with Crippen LogP contribution in [0, 0.1) is 0 Å². The fourth-order valence-electron chi connectivity index (χ4n) is 1.93. The van der Waals surface area contributed by atoms with Crippen LogP contribution in [-0.2, 0) is 13.0 Å². The van der Waals surface area contributed by atoms with Gasteiger partial charge >= 0.3 is 0 Å². The molecule has 0 amide bonds. The van der Waals surface area contributed by atoms with Gasteiger partial charge in [0.1, 0.15) is 0 Å². The summed E-state index contributed by atoms with van der Waals surface area (Å²) in [6.45, 7) is 3.51. The van der Waals surface area contributed by atoms with E-state index in [4.69, 9.17) is 11.5 Å². The molecular formula is C15H27N3. The molecule has 0 aliphatic carbocycles. The van der Waals surface area contributed by atoms with E-state index in [0.29, 0.717) is 0 Å². The maximum Gasteiger partial charge on any atom is 0.0205 e. The van der Waals surface area contributed by atoms with Crippen molar-refractivity contribution in [1.82, 2.24) is 5.32 Å². The minimum absolute atomic E-state index is 0.759. The van der Waals surface area contributed by atoms with Gasteiger partial charge in [0, 0.05) is 6.54 Å². The van der Waals surface area contributed by atoms with Crippen molar-refractivity contribution >= 4 is 0 Å². The first kappa shape index (κ1) is 15.2. The predicted molar refractivity (Wildman–Crippen MR) is 78.4 cm³/mol. The Morgan fingerprint density at radius 3 is 2.11 bits per heavy atom. The molecule has 0 atom stereocenters. The summed E-state index contributed by atoms with van der Waals surface area (Å²) in [6.07, 6.45) is 5.83. The van der Waals surface area contributed by atoms with E-state index in [2.05, 4.69) is 29.6 Å². The predicted octanol–water partition coefficient (Wildman–Crippen LogP) is 1.80. The van der Waals surface area contributed by atoms with Crippen molar-refractivity contribution in [3.63, 3.8) is 0 Å². The van der Waals surface area contributed by atoms with E-state index in [1.807, 2.05) is 0 Å². The quantitative estimate of drug-likeness (QED) is 0.554. The summed E-state index contributed by atoms with van der Waals surface area (Å²) in [5.74, 6) is 0. The highest BCUT2D eigenvalue weighted by molar-refractivity contribution is 5.22. The van der Waals surface area contributed by atoms with Gasteiger partial charge in [-0.1, -0.05) is 30.7 Å². The molecule has 102 valence electrons. The van der Waals surface area contributed by atoms with Crippen LogP contribution in [0.3, 0.4) is 0 Å². The van der Waals surface area contributed by atoms with E-state index >= 15 is 0 Å². The molecule has 0 aromatic heterocycles. The second kappa shape index (κ2) is 10.1. The van der Waals surface area contributed by atoms with Crippen molar-refractivity contribution in [2.45, 2.75) is 38.6 Å². The first-order chi connectivity index (χ1) is 8.86. The average Bonchev–Trinajstić information content (AvgIpc) is 2.41. The van der Waals surface area contributed by atoms with Crippen LogP contribution in [-0.4, -0.2) is 19.6 Å². The highest BCUT2D eigenvalue weighted by Crippen LogP contribution is 2.08. The van der Waals surface area contributed by atoms with Crippen molar-refractivity contribution in [2.24, 2.45) is 11.5 Å². The monoisotopic (exact) mass is 249 g/mol. The highest BCUT2D eigenvalue weighted by atomic mass is 14.8. The van der Waals surface area contributed by atoms with E-state index in [1.165, 1.54) is 30.4 Å². The third-order valence-corrected chi connectivity index (χ3v) is 3.08. The standard InChI is InChI=1S/C15H27N3/c16-10-3-1-2-5-14-6-8-15(9-7-14)13-18-12-4-11-17/h6-9,18H,1-5,10-13,16-17H2. The van der Waals surface area contributed by atoms with E-state index in [1.54, 1.807) is 0 Å². The number of nitrogens with one attached hydrogen (secondary N) is 1. The fraction of sp³-hybridized carbons (Fsp3) is 0.600. The highest BCUT2D eigenvalue weighted by Gasteiger charge is 1.95. The Bertz CT molecular complexity index is 264. The Balaban J connectivity index is 2.20. The molecule has 3 heteroatoms. The third-order valence-electron chi connectivity index (χ3n) is 3.08. The summed E-state index contributed by atoms with van der Waals surface area (Å²) in [6, 6.07) is 8.91. The molecule has 0 fully saturated rings. The second-order valence-electron chi connectivity index (χ2n) is 4.73. The lowest BCUT2D eigenvalue weighted by molar-refractivity contribution is 0.655. The molecular weight excluding hydrogens is 222 g/mol. The molecule has 1 aromatic carbocycles. The van der Waals surface area contributed by atoms with Gasteiger partial charge in [0.15, 0.2) is 0 Å². The summed E-state index contributed by atoms with van der Waals surface area (Å²) in [5, 5.41) is 3.39. The average molecular weight is 249 g/mol. The molecule has 0 bridgehead atoms. The zero-order valence-electron chi connectivity index (χ0n) is 11.3. The number of unbranched alkanes of at least 4 members (excludes halogenated alkanes) is 2. The minimum Gasteiger partial charge on any atom is -0.330 e. The lowest BCUT2D eigenvalue weighted by Gasteiger charge is -2.06. The van der Waals surface area contributed by atoms with Gasteiger partial charge in [0.25, 0.3) is 0 Å². The number of hydrogen-bond acceptors (Lipinski definition) is 3. The Kier molecular flexibility index (Phi) is 8.47. The van der Waals surface area contributed by atoms with E-state index in [9.17, 15) is 0 Å². The zero-order chi connectivity index (χ0) is 13.1. The van der Waals surface area contributed by atoms with Gasteiger partial charge in [0.05, 0.1) is 0 Å². The molecule has 3 nitrogen and oxygen atoms in total. The third kappa shape index (κ3) is 6.74. The zero-order valence-corrected chi connectivity index (χ0v) is 11.3. The normalized spacial score (nSPS) is 10.8. The molecule has 0 radical (unpaired) electrons. The van der Waals surface area contributed by atoms with Gasteiger partial charge < -0.3 is 16.8 Å². The first-order valence-electron chi connectivity index (χ1n) is 7.05. The Morgan fingerprint density at radius 2 is 1.44 bits per heavy atom. The van der Waals surface area contributed by atoms with Crippen LogP contribution >= 0.6 is 0 Å². The molecule has 0 unspecified atom stereocenters. The van der Waals surface area contributed by atoms with Crippen LogP contribution in [0.5, 0.6) is 0 Å². The van der Waals surface area contributed by atoms with Crippen LogP contribution in [0.15, 0.2) is 24.3 Å². The fourth-order valence-corrected chi connectivity index (χ4v) is 1.93. The van der Waals surface area contributed by atoms with Gasteiger partial charge in [-0.25, -0.2) is 0 Å². The molecule has 0 saturated carbocycles. The molecule has 0 spiro atoms. The molecule has 1 aromatic rings. The second-order valence-corrected chi connectivity index (χ2v) is 4.73. The van der Waals surface area contributed by atoms with Crippen LogP contribution in [0.2, 0.25) is 0 Å². The van der Waals surface area contributed by atoms with Crippen LogP contribution in [0.4, 0.5) is 0 Å². The Morgan fingerprint density at radius 1 is 0.778 bits per heavy atom. The Labute approximate surface area is 111 Å². The number of hydrogen-bond donors (Lipinski definition) is 3. The maximum atomic E-state index is 5.48. The number of rotatable bonds is 10. The van der Waals surface area contributed by atoms with E-state index < -0.39 is 0 Å². The summed E-state index contributed by atoms with van der Waals surface area (Å²) < 4.78 is 0. The largest absolute Gasteiger partial charge is 0.330 e. The summed E-state index contributed by atoms with van der Waals surface area (Å²) in [7, 11) is 0. The molecule has 1 rings (SSSR count). The molecule has 18 heavy (non-hydrogen) atoms. The van der Waals surface area contributed by atoms with E-state index in [-0.39, 0.29) is 0 Å². The molecule has 0 aliphatic rings. The molecule has 0 heterocycles. The van der Waals surface area contributed by atoms with Gasteiger partial charge in [0.2, 0.25) is 0 Å². The smallest absolute Gasteiger partial charge is 0.0205 e. The van der Waals surface area contributed by atoms with Gasteiger partial charge in [-0.05, 0) is 56.4 Å². The molecule has 0 saturated heterocycles. The maximum absolute atomic E-state index is 5.48. The van der Waals surface area contributed by atoms with Crippen LogP contribution in [0.1, 0.15) is 36.8 Å². The van der Waals surface area contributed by atoms with Crippen molar-refractivity contribution < 1.29 is 0 Å². The van der Waals surface area contributed by atoms with Crippen molar-refractivity contribution in [3.05, 3.63) is 35.4 Å². The minimum atomic E-state index is 0.759. The van der Waals surface area contributed by atoms with E-state index in [0.717, 1.165) is 39.0 Å². The van der Waals surface area contributed by atoms with Crippen molar-refractivity contribution in [1.29, 1.82) is 0 Å². The molecule has 5 N–H and O–H groups in total. The van der Waals surface area contributed by atoms with Crippen molar-refractivity contribution in [2.75, 3.05) is 19.6 Å². The number of nitrogens with two attached hydrogens (primary N) is 2. The Hall–Kier alpha value is -0.900. The SMILES string of the molecule is NCCCCCc1ccc(CNCCCN)cc1. The van der Waals surface area contributed by atoms with Gasteiger partial charge in [-0.2, -0.15) is 0 Å². The summed E-state index contributed by atoms with van der Waals surface area (Å²) in [4.78, 5) is 0. The van der Waals surface area contributed by atoms with Gasteiger partial charge in [-0.3, -0.25) is 0 Å². The number of benzene rings is 1. The summed E-state index contributed by atoms with van der Waals surface area (Å²) >= 11 is 0. The topological polar surface area (TPSA) is 64.1 Å². The number of aryl methyl sites for hydroxylation is 1. The summed E-state index contributed by atoms with van der Waals surface area (Å²) in [5.41, 5.74) is 13.7. The molecule has 0 aliphatic heterocycles. The van der Waals surface area contributed by atoms with Crippen LogP contribution in [0.25, 0.3) is 0 Å². The van der Waals surface area contributed by atoms with Crippen molar-refractivity contribution in [3.8, 4) is 0 Å².